The Bertz CT molecular complexity index is 1540. The van der Waals surface area contributed by atoms with E-state index in [1.165, 1.54) is 0 Å². The number of benzene rings is 5. The maximum Gasteiger partial charge on any atom is 0.255 e. The van der Waals surface area contributed by atoms with Gasteiger partial charge in [0.05, 0.1) is 0 Å². The summed E-state index contributed by atoms with van der Waals surface area (Å²) in [6.07, 6.45) is 1.44. The van der Waals surface area contributed by atoms with E-state index in [1.807, 2.05) is 93.0 Å². The first kappa shape index (κ1) is 32.5. The van der Waals surface area contributed by atoms with Gasteiger partial charge in [0, 0.05) is 59.1 Å². The zero-order valence-electron chi connectivity index (χ0n) is 24.5. The van der Waals surface area contributed by atoms with Gasteiger partial charge in [0.1, 0.15) is 12.6 Å². The zero-order valence-corrected chi connectivity index (χ0v) is 24.5. The van der Waals surface area contributed by atoms with Crippen LogP contribution in [0.5, 0.6) is 0 Å². The molecule has 0 aliphatic rings. The monoisotopic (exact) mass is 586 g/mol. The highest BCUT2D eigenvalue weighted by atomic mass is 16.2. The third-order valence-corrected chi connectivity index (χ3v) is 6.07. The lowest BCUT2D eigenvalue weighted by Crippen LogP contribution is -2.11. The van der Waals surface area contributed by atoms with E-state index in [-0.39, 0.29) is 11.8 Å². The topological polar surface area (TPSA) is 116 Å². The van der Waals surface area contributed by atoms with Crippen molar-refractivity contribution in [2.24, 2.45) is 0 Å². The van der Waals surface area contributed by atoms with Crippen molar-refractivity contribution in [2.75, 3.05) is 35.4 Å². The Hall–Kier alpha value is -6.02. The predicted molar refractivity (Wildman–Crippen MR) is 178 cm³/mol. The smallest absolute Gasteiger partial charge is 0.255 e. The number of para-hydroxylation sites is 2. The number of hydrogen-bond acceptors (Lipinski definition) is 6. The van der Waals surface area contributed by atoms with E-state index in [0.29, 0.717) is 22.3 Å². The number of carbonyl (C=O) groups is 4. The molecule has 44 heavy (non-hydrogen) atoms. The minimum absolute atomic E-state index is 0.222. The first-order chi connectivity index (χ1) is 21.4. The van der Waals surface area contributed by atoms with E-state index >= 15 is 0 Å². The van der Waals surface area contributed by atoms with Gasteiger partial charge in [-0.1, -0.05) is 66.7 Å². The summed E-state index contributed by atoms with van der Waals surface area (Å²) < 4.78 is 0. The van der Waals surface area contributed by atoms with Crippen LogP contribution in [0.4, 0.5) is 22.7 Å². The van der Waals surface area contributed by atoms with Gasteiger partial charge >= 0.3 is 0 Å². The number of amides is 2. The van der Waals surface area contributed by atoms with E-state index in [1.54, 1.807) is 48.5 Å². The van der Waals surface area contributed by atoms with Gasteiger partial charge in [0.2, 0.25) is 0 Å². The summed E-state index contributed by atoms with van der Waals surface area (Å²) in [5.41, 5.74) is 5.65. The maximum atomic E-state index is 11.9. The molecule has 0 aromatic heterocycles. The molecule has 2 amide bonds. The highest BCUT2D eigenvalue weighted by Gasteiger charge is 2.07. The summed E-state index contributed by atoms with van der Waals surface area (Å²) in [5.74, 6) is -0.445. The van der Waals surface area contributed by atoms with Crippen LogP contribution in [0.15, 0.2) is 133 Å². The Morgan fingerprint density at radius 3 is 1.18 bits per heavy atom. The molecule has 0 aliphatic heterocycles. The fourth-order valence-corrected chi connectivity index (χ4v) is 3.79. The second kappa shape index (κ2) is 17.7. The molecule has 5 aromatic carbocycles. The zero-order chi connectivity index (χ0) is 31.6. The highest BCUT2D eigenvalue weighted by molar-refractivity contribution is 6.05. The van der Waals surface area contributed by atoms with Gasteiger partial charge in [-0.2, -0.15) is 0 Å². The number of aldehydes is 2. The standard InChI is InChI=1S/2C14H11NO2.C8H12N2/c2*16-10-11-5-4-6-12(9-11)14(17)15-13-7-2-1-3-8-13;1-9-7-4-3-5-8(6-7)10-2/h2*1-10H,(H,15,17);3-6,9-10H,1-2H3. The fourth-order valence-electron chi connectivity index (χ4n) is 3.79. The van der Waals surface area contributed by atoms with Crippen molar-refractivity contribution in [3.05, 3.63) is 156 Å². The molecule has 0 saturated carbocycles. The van der Waals surface area contributed by atoms with Crippen LogP contribution in [0.25, 0.3) is 0 Å². The fraction of sp³-hybridized carbons (Fsp3) is 0.0556. The van der Waals surface area contributed by atoms with Crippen LogP contribution in [0.2, 0.25) is 0 Å². The molecule has 4 N–H and O–H groups in total. The van der Waals surface area contributed by atoms with Gasteiger partial charge in [-0.3, -0.25) is 19.2 Å². The molecule has 8 heteroatoms. The lowest BCUT2D eigenvalue weighted by Gasteiger charge is -2.05. The van der Waals surface area contributed by atoms with Crippen LogP contribution in [-0.4, -0.2) is 38.5 Å². The van der Waals surface area contributed by atoms with E-state index < -0.39 is 0 Å². The summed E-state index contributed by atoms with van der Waals surface area (Å²) in [4.78, 5) is 44.9. The number of rotatable bonds is 8. The minimum Gasteiger partial charge on any atom is -0.388 e. The lowest BCUT2D eigenvalue weighted by molar-refractivity contribution is 0.101. The van der Waals surface area contributed by atoms with Gasteiger partial charge in [-0.25, -0.2) is 0 Å². The molecule has 222 valence electrons. The molecule has 0 heterocycles. The van der Waals surface area contributed by atoms with Crippen molar-refractivity contribution in [3.63, 3.8) is 0 Å². The van der Waals surface area contributed by atoms with Crippen LogP contribution < -0.4 is 21.3 Å². The van der Waals surface area contributed by atoms with Gasteiger partial charge in [-0.15, -0.1) is 0 Å². The molecule has 5 rings (SSSR count). The Balaban J connectivity index is 0.000000187. The summed E-state index contributed by atoms with van der Waals surface area (Å²) in [7, 11) is 3.82. The maximum absolute atomic E-state index is 11.9. The van der Waals surface area contributed by atoms with Crippen LogP contribution >= 0.6 is 0 Å². The third kappa shape index (κ3) is 10.8. The number of anilines is 4. The lowest BCUT2D eigenvalue weighted by atomic mass is 10.1. The van der Waals surface area contributed by atoms with E-state index in [4.69, 9.17) is 0 Å². The predicted octanol–water partition coefficient (Wildman–Crippen LogP) is 7.27. The molecule has 0 unspecified atom stereocenters. The minimum atomic E-state index is -0.222. The highest BCUT2D eigenvalue weighted by Crippen LogP contribution is 2.13. The van der Waals surface area contributed by atoms with Crippen LogP contribution in [0.3, 0.4) is 0 Å². The summed E-state index contributed by atoms with van der Waals surface area (Å²) in [6.45, 7) is 0. The van der Waals surface area contributed by atoms with Crippen LogP contribution in [0, 0.1) is 0 Å². The number of carbonyl (C=O) groups excluding carboxylic acids is 4. The van der Waals surface area contributed by atoms with Crippen molar-refractivity contribution in [3.8, 4) is 0 Å². The molecule has 0 spiro atoms. The first-order valence-corrected chi connectivity index (χ1v) is 13.7. The third-order valence-electron chi connectivity index (χ3n) is 6.07. The summed E-state index contributed by atoms with van der Waals surface area (Å²) >= 11 is 0. The van der Waals surface area contributed by atoms with Crippen LogP contribution in [0.1, 0.15) is 41.4 Å². The average molecular weight is 587 g/mol. The van der Waals surface area contributed by atoms with Crippen molar-refractivity contribution < 1.29 is 19.2 Å². The number of nitrogens with one attached hydrogen (secondary N) is 4. The van der Waals surface area contributed by atoms with Crippen molar-refractivity contribution in [2.45, 2.75) is 0 Å². The van der Waals surface area contributed by atoms with Gasteiger partial charge in [0.15, 0.2) is 0 Å². The van der Waals surface area contributed by atoms with Crippen molar-refractivity contribution in [1.29, 1.82) is 0 Å². The van der Waals surface area contributed by atoms with Gasteiger partial charge in [-0.05, 0) is 66.7 Å². The molecular formula is C36H34N4O4. The molecule has 8 nitrogen and oxygen atoms in total. The van der Waals surface area contributed by atoms with Crippen LogP contribution in [-0.2, 0) is 0 Å². The van der Waals surface area contributed by atoms with E-state index in [9.17, 15) is 19.2 Å². The molecule has 5 aromatic rings. The summed E-state index contributed by atoms with van der Waals surface area (Å²) in [6, 6.07) is 39.6. The Labute approximate surface area is 257 Å². The largest absolute Gasteiger partial charge is 0.388 e. The SMILES string of the molecule is CNc1cccc(NC)c1.O=Cc1cccc(C(=O)Nc2ccccc2)c1.O=Cc1cccc(C(=O)Nc2ccccc2)c1. The second-order valence-corrected chi connectivity index (χ2v) is 9.21. The molecule has 0 fully saturated rings. The molecule has 0 atom stereocenters. The average Bonchev–Trinajstić information content (AvgIpc) is 3.09. The van der Waals surface area contributed by atoms with Crippen molar-refractivity contribution >= 4 is 47.1 Å². The normalized spacial score (nSPS) is 9.50. The molecule has 0 radical (unpaired) electrons. The second-order valence-electron chi connectivity index (χ2n) is 9.21. The molecule has 0 saturated heterocycles. The Morgan fingerprint density at radius 1 is 0.455 bits per heavy atom. The molecule has 0 aliphatic carbocycles. The van der Waals surface area contributed by atoms with Crippen molar-refractivity contribution in [1.82, 2.24) is 0 Å². The molecule has 0 bridgehead atoms. The first-order valence-electron chi connectivity index (χ1n) is 13.7. The van der Waals surface area contributed by atoms with Gasteiger partial charge < -0.3 is 21.3 Å². The van der Waals surface area contributed by atoms with E-state index in [0.717, 1.165) is 35.3 Å². The number of hydrogen-bond donors (Lipinski definition) is 4. The van der Waals surface area contributed by atoms with Gasteiger partial charge in [0.25, 0.3) is 11.8 Å². The summed E-state index contributed by atoms with van der Waals surface area (Å²) in [5, 5.41) is 11.6. The molecular weight excluding hydrogens is 552 g/mol. The Kier molecular flexibility index (Phi) is 13.1. The Morgan fingerprint density at radius 2 is 0.818 bits per heavy atom. The quantitative estimate of drug-likeness (QED) is 0.142. The van der Waals surface area contributed by atoms with E-state index in [2.05, 4.69) is 27.3 Å².